The summed E-state index contributed by atoms with van der Waals surface area (Å²) in [6.07, 6.45) is 0. The monoisotopic (exact) mass is 289 g/mol. The van der Waals surface area contributed by atoms with E-state index >= 15 is 0 Å². The van der Waals surface area contributed by atoms with Crippen LogP contribution in [0.1, 0.15) is 5.82 Å². The van der Waals surface area contributed by atoms with Crippen LogP contribution in [0.4, 0.5) is 11.6 Å². The summed E-state index contributed by atoms with van der Waals surface area (Å²) in [4.78, 5) is 8.41. The molecule has 1 aromatic heterocycles. The molecular weight excluding hydrogens is 270 g/mol. The highest BCUT2D eigenvalue weighted by Crippen LogP contribution is 2.11. The highest BCUT2D eigenvalue weighted by Gasteiger charge is 2.07. The van der Waals surface area contributed by atoms with Gasteiger partial charge in [-0.05, 0) is 7.05 Å². The molecule has 8 nitrogen and oxygen atoms in total. The molecule has 0 aromatic carbocycles. The van der Waals surface area contributed by atoms with Gasteiger partial charge in [-0.25, -0.2) is 23.1 Å². The third-order valence-electron chi connectivity index (χ3n) is 2.29. The van der Waals surface area contributed by atoms with Crippen LogP contribution in [0.2, 0.25) is 0 Å². The summed E-state index contributed by atoms with van der Waals surface area (Å²) in [5.74, 6) is 1.69. The van der Waals surface area contributed by atoms with Crippen LogP contribution >= 0.6 is 0 Å². The van der Waals surface area contributed by atoms with Gasteiger partial charge in [0.05, 0.1) is 5.75 Å². The number of aromatic nitrogens is 2. The average Bonchev–Trinajstić information content (AvgIpc) is 2.38. The molecule has 0 saturated heterocycles. The van der Waals surface area contributed by atoms with Gasteiger partial charge in [0, 0.05) is 26.8 Å². The molecule has 0 bridgehead atoms. The molecule has 108 valence electrons. The van der Waals surface area contributed by atoms with Crippen LogP contribution in [-0.4, -0.2) is 51.9 Å². The number of methoxy groups -OCH3 is 1. The fourth-order valence-electron chi connectivity index (χ4n) is 1.32. The summed E-state index contributed by atoms with van der Waals surface area (Å²) in [5, 5.41) is 5.85. The predicted molar refractivity (Wildman–Crippen MR) is 73.6 cm³/mol. The standard InChI is InChI=1S/C10H19N5O3S/c1-11-8-6-9(15-10(14-8)7-18-3)13-4-5-19(16,17)12-2/h6,12H,4-5,7H2,1-3H3,(H2,11,13,14,15). The van der Waals surface area contributed by atoms with Crippen molar-refractivity contribution in [1.29, 1.82) is 0 Å². The molecule has 19 heavy (non-hydrogen) atoms. The molecule has 1 aromatic rings. The van der Waals surface area contributed by atoms with Crippen molar-refractivity contribution in [3.8, 4) is 0 Å². The van der Waals surface area contributed by atoms with Crippen molar-refractivity contribution in [2.75, 3.05) is 44.1 Å². The highest BCUT2D eigenvalue weighted by molar-refractivity contribution is 7.89. The normalized spacial score (nSPS) is 11.3. The first kappa shape index (κ1) is 15.6. The quantitative estimate of drug-likeness (QED) is 0.599. The third kappa shape index (κ3) is 5.37. The zero-order valence-corrected chi connectivity index (χ0v) is 12.0. The van der Waals surface area contributed by atoms with Crippen LogP contribution in [0.25, 0.3) is 0 Å². The Bertz CT molecular complexity index is 506. The second-order valence-electron chi connectivity index (χ2n) is 3.69. The van der Waals surface area contributed by atoms with Crippen LogP contribution in [0, 0.1) is 0 Å². The molecule has 0 fully saturated rings. The number of nitrogens with zero attached hydrogens (tertiary/aromatic N) is 2. The van der Waals surface area contributed by atoms with Crippen LogP contribution < -0.4 is 15.4 Å². The first-order valence-corrected chi connectivity index (χ1v) is 7.35. The number of ether oxygens (including phenoxy) is 1. The van der Waals surface area contributed by atoms with Gasteiger partial charge in [0.2, 0.25) is 10.0 Å². The number of hydrogen-bond acceptors (Lipinski definition) is 7. The Morgan fingerprint density at radius 2 is 1.95 bits per heavy atom. The van der Waals surface area contributed by atoms with E-state index in [0.29, 0.717) is 24.1 Å². The fourth-order valence-corrected chi connectivity index (χ4v) is 1.90. The lowest BCUT2D eigenvalue weighted by Gasteiger charge is -2.09. The maximum atomic E-state index is 11.3. The van der Waals surface area contributed by atoms with Crippen molar-refractivity contribution in [2.45, 2.75) is 6.61 Å². The second kappa shape index (κ2) is 7.22. The Kier molecular flexibility index (Phi) is 5.93. The zero-order chi connectivity index (χ0) is 14.3. The summed E-state index contributed by atoms with van der Waals surface area (Å²) in [6.45, 7) is 0.550. The summed E-state index contributed by atoms with van der Waals surface area (Å²) >= 11 is 0. The van der Waals surface area contributed by atoms with E-state index in [4.69, 9.17) is 4.74 Å². The maximum Gasteiger partial charge on any atom is 0.213 e. The Balaban J connectivity index is 2.69. The first-order chi connectivity index (χ1) is 9.00. The lowest BCUT2D eigenvalue weighted by molar-refractivity contribution is 0.178. The molecule has 1 heterocycles. The Morgan fingerprint density at radius 3 is 2.53 bits per heavy atom. The van der Waals surface area contributed by atoms with Crippen LogP contribution in [-0.2, 0) is 21.4 Å². The fraction of sp³-hybridized carbons (Fsp3) is 0.600. The molecule has 0 radical (unpaired) electrons. The summed E-state index contributed by atoms with van der Waals surface area (Å²) < 4.78 is 29.8. The van der Waals surface area contributed by atoms with Crippen molar-refractivity contribution in [2.24, 2.45) is 0 Å². The molecule has 1 rings (SSSR count). The second-order valence-corrected chi connectivity index (χ2v) is 5.73. The smallest absolute Gasteiger partial charge is 0.213 e. The number of hydrogen-bond donors (Lipinski definition) is 3. The minimum atomic E-state index is -3.22. The van der Waals surface area contributed by atoms with E-state index in [-0.39, 0.29) is 12.3 Å². The minimum Gasteiger partial charge on any atom is -0.377 e. The largest absolute Gasteiger partial charge is 0.377 e. The number of rotatable bonds is 8. The number of sulfonamides is 1. The molecule has 9 heteroatoms. The van der Waals surface area contributed by atoms with E-state index in [9.17, 15) is 8.42 Å². The van der Waals surface area contributed by atoms with Crippen LogP contribution in [0.15, 0.2) is 6.07 Å². The van der Waals surface area contributed by atoms with Crippen molar-refractivity contribution >= 4 is 21.7 Å². The Labute approximate surface area is 113 Å². The SMILES string of the molecule is CNc1cc(NCCS(=O)(=O)NC)nc(COC)n1. The van der Waals surface area contributed by atoms with E-state index in [1.165, 1.54) is 7.05 Å². The van der Waals surface area contributed by atoms with Gasteiger partial charge >= 0.3 is 0 Å². The lowest BCUT2D eigenvalue weighted by Crippen LogP contribution is -2.26. The molecule has 0 amide bonds. The zero-order valence-electron chi connectivity index (χ0n) is 11.2. The van der Waals surface area contributed by atoms with Crippen molar-refractivity contribution in [1.82, 2.24) is 14.7 Å². The molecule has 0 aliphatic rings. The van der Waals surface area contributed by atoms with E-state index in [1.807, 2.05) is 0 Å². The van der Waals surface area contributed by atoms with Crippen molar-refractivity contribution in [3.05, 3.63) is 11.9 Å². The van der Waals surface area contributed by atoms with Crippen molar-refractivity contribution < 1.29 is 13.2 Å². The van der Waals surface area contributed by atoms with Gasteiger partial charge in [0.25, 0.3) is 0 Å². The van der Waals surface area contributed by atoms with Gasteiger partial charge in [0.1, 0.15) is 18.2 Å². The highest BCUT2D eigenvalue weighted by atomic mass is 32.2. The molecule has 0 atom stereocenters. The van der Waals surface area contributed by atoms with Gasteiger partial charge < -0.3 is 15.4 Å². The molecule has 0 aliphatic heterocycles. The van der Waals surface area contributed by atoms with Gasteiger partial charge in [0.15, 0.2) is 5.82 Å². The van der Waals surface area contributed by atoms with Gasteiger partial charge in [-0.3, -0.25) is 0 Å². The molecular formula is C10H19N5O3S. The molecule has 3 N–H and O–H groups in total. The Hall–Kier alpha value is -1.45. The molecule has 0 aliphatic carbocycles. The van der Waals surface area contributed by atoms with E-state index in [2.05, 4.69) is 25.3 Å². The van der Waals surface area contributed by atoms with Crippen molar-refractivity contribution in [3.63, 3.8) is 0 Å². The predicted octanol–water partition coefficient (Wildman–Crippen LogP) is -0.374. The van der Waals surface area contributed by atoms with Gasteiger partial charge in [-0.2, -0.15) is 0 Å². The number of nitrogens with one attached hydrogen (secondary N) is 3. The van der Waals surface area contributed by atoms with E-state index < -0.39 is 10.0 Å². The van der Waals surface area contributed by atoms with Crippen LogP contribution in [0.3, 0.4) is 0 Å². The molecule has 0 spiro atoms. The van der Waals surface area contributed by atoms with E-state index in [1.54, 1.807) is 20.2 Å². The molecule has 0 saturated carbocycles. The summed E-state index contributed by atoms with van der Waals surface area (Å²) in [6, 6.07) is 1.70. The third-order valence-corrected chi connectivity index (χ3v) is 3.65. The summed E-state index contributed by atoms with van der Waals surface area (Å²) in [5.41, 5.74) is 0. The van der Waals surface area contributed by atoms with E-state index in [0.717, 1.165) is 0 Å². The first-order valence-electron chi connectivity index (χ1n) is 5.70. The van der Waals surface area contributed by atoms with Gasteiger partial charge in [-0.1, -0.05) is 0 Å². The maximum absolute atomic E-state index is 11.3. The molecule has 0 unspecified atom stereocenters. The Morgan fingerprint density at radius 1 is 1.26 bits per heavy atom. The average molecular weight is 289 g/mol. The van der Waals surface area contributed by atoms with Crippen LogP contribution in [0.5, 0.6) is 0 Å². The number of anilines is 2. The minimum absolute atomic E-state index is 0.0258. The van der Waals surface area contributed by atoms with Gasteiger partial charge in [-0.15, -0.1) is 0 Å². The topological polar surface area (TPSA) is 105 Å². The summed E-state index contributed by atoms with van der Waals surface area (Å²) in [7, 11) is 1.46. The lowest BCUT2D eigenvalue weighted by atomic mass is 10.4.